The first-order valence-corrected chi connectivity index (χ1v) is 4.89. The van der Waals surface area contributed by atoms with E-state index in [4.69, 9.17) is 15.6 Å². The lowest BCUT2D eigenvalue weighted by molar-refractivity contribution is 0.120. The molecule has 0 fully saturated rings. The zero-order chi connectivity index (χ0) is 12.4. The number of nitrogen functional groups attached to an aromatic ring is 1. The molecule has 2 rings (SSSR count). The monoisotopic (exact) mass is 237 g/mol. The molecule has 0 spiro atoms. The number of hydrogen-bond donors (Lipinski definition) is 3. The van der Waals surface area contributed by atoms with Crippen LogP contribution in [-0.4, -0.2) is 37.8 Å². The molecular weight excluding hydrogens is 226 g/mol. The number of nitrogens with two attached hydrogens (primary N) is 1. The zero-order valence-corrected chi connectivity index (χ0v) is 9.04. The van der Waals surface area contributed by atoms with Gasteiger partial charge in [0.15, 0.2) is 11.2 Å². The Balaban J connectivity index is 2.40. The number of aromatic nitrogens is 4. The summed E-state index contributed by atoms with van der Waals surface area (Å²) in [5, 5.41) is 9.05. The van der Waals surface area contributed by atoms with Crippen molar-refractivity contribution in [2.24, 2.45) is 0 Å². The lowest BCUT2D eigenvalue weighted by Crippen LogP contribution is -2.16. The van der Waals surface area contributed by atoms with E-state index < -0.39 is 11.7 Å². The quantitative estimate of drug-likeness (QED) is 0.628. The van der Waals surface area contributed by atoms with Crippen LogP contribution in [0.1, 0.15) is 6.92 Å². The van der Waals surface area contributed by atoms with Gasteiger partial charge in [-0.15, -0.1) is 0 Å². The number of nitrogens with zero attached hydrogens (tertiary/aromatic N) is 3. The van der Waals surface area contributed by atoms with Crippen molar-refractivity contribution in [1.29, 1.82) is 0 Å². The maximum atomic E-state index is 11.5. The van der Waals surface area contributed by atoms with Crippen LogP contribution in [0.15, 0.2) is 11.0 Å². The number of nitrogens with one attached hydrogen (secondary N) is 1. The van der Waals surface area contributed by atoms with Gasteiger partial charge in [-0.3, -0.25) is 9.78 Å². The number of aliphatic hydroxyl groups excluding tert-OH is 1. The van der Waals surface area contributed by atoms with Gasteiger partial charge in [0.1, 0.15) is 6.61 Å². The molecule has 0 bridgehead atoms. The van der Waals surface area contributed by atoms with Crippen molar-refractivity contribution in [1.82, 2.24) is 19.9 Å². The first-order valence-electron chi connectivity index (χ1n) is 4.89. The number of fused-ring (bicyclic) bond motifs is 1. The average Bonchev–Trinajstić information content (AvgIpc) is 2.26. The lowest BCUT2D eigenvalue weighted by Gasteiger charge is -2.06. The first kappa shape index (κ1) is 11.3. The molecule has 0 saturated carbocycles. The highest BCUT2D eigenvalue weighted by molar-refractivity contribution is 5.69. The number of hydrogen-bond acceptors (Lipinski definition) is 7. The second-order valence-corrected chi connectivity index (χ2v) is 3.49. The second kappa shape index (κ2) is 4.34. The summed E-state index contributed by atoms with van der Waals surface area (Å²) in [7, 11) is 0. The lowest BCUT2D eigenvalue weighted by atomic mass is 10.4. The third-order valence-electron chi connectivity index (χ3n) is 1.89. The van der Waals surface area contributed by atoms with E-state index in [0.29, 0.717) is 0 Å². The maximum Gasteiger partial charge on any atom is 0.280 e. The summed E-state index contributed by atoms with van der Waals surface area (Å²) in [4.78, 5) is 25.5. The third kappa shape index (κ3) is 2.48. The Morgan fingerprint density at radius 2 is 2.35 bits per heavy atom. The predicted molar refractivity (Wildman–Crippen MR) is 59.5 cm³/mol. The van der Waals surface area contributed by atoms with Crippen LogP contribution in [-0.2, 0) is 0 Å². The molecule has 0 aliphatic rings. The van der Waals surface area contributed by atoms with Crippen molar-refractivity contribution >= 4 is 17.1 Å². The summed E-state index contributed by atoms with van der Waals surface area (Å²) in [5.74, 6) is 0.130. The number of aliphatic hydroxyl groups is 1. The zero-order valence-electron chi connectivity index (χ0n) is 9.04. The normalized spacial score (nSPS) is 12.6. The van der Waals surface area contributed by atoms with Crippen molar-refractivity contribution in [2.45, 2.75) is 13.0 Å². The van der Waals surface area contributed by atoms with Gasteiger partial charge in [0.05, 0.1) is 12.3 Å². The Bertz CT molecular complexity index is 595. The molecule has 0 amide bonds. The molecule has 2 aromatic heterocycles. The van der Waals surface area contributed by atoms with Gasteiger partial charge >= 0.3 is 0 Å². The highest BCUT2D eigenvalue weighted by Gasteiger charge is 2.07. The third-order valence-corrected chi connectivity index (χ3v) is 1.89. The Morgan fingerprint density at radius 3 is 3.06 bits per heavy atom. The van der Waals surface area contributed by atoms with E-state index in [-0.39, 0.29) is 29.6 Å². The van der Waals surface area contributed by atoms with Crippen molar-refractivity contribution in [3.05, 3.63) is 16.6 Å². The molecule has 1 unspecified atom stereocenters. The van der Waals surface area contributed by atoms with Crippen LogP contribution in [0.3, 0.4) is 0 Å². The highest BCUT2D eigenvalue weighted by Crippen LogP contribution is 2.09. The highest BCUT2D eigenvalue weighted by atomic mass is 16.5. The van der Waals surface area contributed by atoms with E-state index >= 15 is 0 Å². The van der Waals surface area contributed by atoms with Gasteiger partial charge in [0.2, 0.25) is 11.8 Å². The van der Waals surface area contributed by atoms with Crippen LogP contribution in [0.4, 0.5) is 5.95 Å². The maximum absolute atomic E-state index is 11.5. The van der Waals surface area contributed by atoms with E-state index in [1.165, 1.54) is 6.20 Å². The Morgan fingerprint density at radius 1 is 1.59 bits per heavy atom. The molecule has 8 heteroatoms. The summed E-state index contributed by atoms with van der Waals surface area (Å²) in [6, 6.07) is 0. The Kier molecular flexibility index (Phi) is 2.88. The minimum Gasteiger partial charge on any atom is -0.474 e. The molecule has 8 nitrogen and oxygen atoms in total. The molecule has 0 radical (unpaired) electrons. The summed E-state index contributed by atoms with van der Waals surface area (Å²) in [6.45, 7) is 1.64. The van der Waals surface area contributed by atoms with E-state index in [0.717, 1.165) is 0 Å². The van der Waals surface area contributed by atoms with Crippen molar-refractivity contribution in [3.8, 4) is 5.88 Å². The first-order chi connectivity index (χ1) is 8.06. The van der Waals surface area contributed by atoms with Crippen LogP contribution in [0.5, 0.6) is 5.88 Å². The SMILES string of the molecule is CC(O)COc1cnc2nc(N)[nH]c(=O)c2n1. The molecule has 1 atom stereocenters. The minimum atomic E-state index is -0.629. The molecule has 17 heavy (non-hydrogen) atoms. The van der Waals surface area contributed by atoms with Gasteiger partial charge in [0.25, 0.3) is 5.56 Å². The standard InChI is InChI=1S/C9H11N5O3/c1-4(15)3-17-5-2-11-7-6(12-5)8(16)14-9(10)13-7/h2,4,15H,3H2,1H3,(H3,10,11,13,14,16). The number of anilines is 1. The molecule has 90 valence electrons. The van der Waals surface area contributed by atoms with E-state index in [1.54, 1.807) is 6.92 Å². The Labute approximate surface area is 95.5 Å². The minimum absolute atomic E-state index is 0.0190. The van der Waals surface area contributed by atoms with Crippen molar-refractivity contribution in [2.75, 3.05) is 12.3 Å². The van der Waals surface area contributed by atoms with Gasteiger partial charge in [-0.2, -0.15) is 4.98 Å². The molecule has 0 aliphatic carbocycles. The number of aromatic amines is 1. The number of rotatable bonds is 3. The second-order valence-electron chi connectivity index (χ2n) is 3.49. The molecular formula is C9H11N5O3. The molecule has 0 aliphatic heterocycles. The molecule has 0 saturated heterocycles. The predicted octanol–water partition coefficient (Wildman–Crippen LogP) is -0.945. The van der Waals surface area contributed by atoms with Crippen LogP contribution in [0.2, 0.25) is 0 Å². The molecule has 2 heterocycles. The summed E-state index contributed by atoms with van der Waals surface area (Å²) in [6.07, 6.45) is 0.687. The molecule has 2 aromatic rings. The van der Waals surface area contributed by atoms with Gasteiger partial charge in [-0.05, 0) is 6.92 Å². The van der Waals surface area contributed by atoms with Crippen LogP contribution in [0, 0.1) is 0 Å². The van der Waals surface area contributed by atoms with E-state index in [1.807, 2.05) is 0 Å². The average molecular weight is 237 g/mol. The number of ether oxygens (including phenoxy) is 1. The summed E-state index contributed by atoms with van der Waals surface area (Å²) in [5.41, 5.74) is 5.07. The fraction of sp³-hybridized carbons (Fsp3) is 0.333. The van der Waals surface area contributed by atoms with Gasteiger partial charge in [-0.25, -0.2) is 9.97 Å². The van der Waals surface area contributed by atoms with Crippen LogP contribution >= 0.6 is 0 Å². The van der Waals surface area contributed by atoms with Crippen LogP contribution < -0.4 is 16.0 Å². The largest absolute Gasteiger partial charge is 0.474 e. The van der Waals surface area contributed by atoms with Crippen molar-refractivity contribution in [3.63, 3.8) is 0 Å². The van der Waals surface area contributed by atoms with Crippen LogP contribution in [0.25, 0.3) is 11.2 Å². The number of H-pyrrole nitrogens is 1. The Hall–Kier alpha value is -2.22. The van der Waals surface area contributed by atoms with Gasteiger partial charge < -0.3 is 15.6 Å². The van der Waals surface area contributed by atoms with Gasteiger partial charge in [-0.1, -0.05) is 0 Å². The fourth-order valence-corrected chi connectivity index (χ4v) is 1.19. The fourth-order valence-electron chi connectivity index (χ4n) is 1.19. The summed E-state index contributed by atoms with van der Waals surface area (Å²) < 4.78 is 5.13. The topological polar surface area (TPSA) is 127 Å². The molecule has 4 N–H and O–H groups in total. The molecule has 0 aromatic carbocycles. The smallest absolute Gasteiger partial charge is 0.280 e. The van der Waals surface area contributed by atoms with Gasteiger partial charge in [0, 0.05) is 0 Å². The van der Waals surface area contributed by atoms with E-state index in [9.17, 15) is 4.79 Å². The van der Waals surface area contributed by atoms with Crippen molar-refractivity contribution < 1.29 is 9.84 Å². The van der Waals surface area contributed by atoms with E-state index in [2.05, 4.69) is 19.9 Å². The summed E-state index contributed by atoms with van der Waals surface area (Å²) >= 11 is 0.